The van der Waals surface area contributed by atoms with Crippen LogP contribution < -0.4 is 15.4 Å². The Morgan fingerprint density at radius 3 is 1.96 bits per heavy atom. The van der Waals surface area contributed by atoms with Gasteiger partial charge < -0.3 is 15.4 Å². The number of hydrogen-bond acceptors (Lipinski definition) is 2. The van der Waals surface area contributed by atoms with Gasteiger partial charge in [-0.15, -0.1) is 0 Å². The summed E-state index contributed by atoms with van der Waals surface area (Å²) >= 11 is 8.75. The van der Waals surface area contributed by atoms with Crippen LogP contribution in [0.5, 0.6) is 5.75 Å². The van der Waals surface area contributed by atoms with Crippen LogP contribution in [-0.4, -0.2) is 5.11 Å². The summed E-state index contributed by atoms with van der Waals surface area (Å²) in [6.07, 6.45) is 0. The monoisotopic (exact) mass is 412 g/mol. The molecule has 0 saturated carbocycles. The van der Waals surface area contributed by atoms with E-state index in [2.05, 4.69) is 26.6 Å². The van der Waals surface area contributed by atoms with Gasteiger partial charge in [0, 0.05) is 15.8 Å². The number of halogens is 1. The smallest absolute Gasteiger partial charge is 0.175 e. The molecule has 0 aliphatic carbocycles. The highest BCUT2D eigenvalue weighted by atomic mass is 79.9. The fourth-order valence-electron chi connectivity index (χ4n) is 2.20. The van der Waals surface area contributed by atoms with Gasteiger partial charge in [0.15, 0.2) is 5.11 Å². The van der Waals surface area contributed by atoms with Crippen molar-refractivity contribution in [3.05, 3.63) is 88.9 Å². The highest BCUT2D eigenvalue weighted by Crippen LogP contribution is 2.18. The number of ether oxygens (including phenoxy) is 1. The molecule has 3 aromatic rings. The van der Waals surface area contributed by atoms with Crippen LogP contribution in [0.15, 0.2) is 83.3 Å². The molecule has 0 atom stereocenters. The van der Waals surface area contributed by atoms with Crippen LogP contribution in [0.4, 0.5) is 11.4 Å². The summed E-state index contributed by atoms with van der Waals surface area (Å²) in [4.78, 5) is 0. The molecule has 3 nitrogen and oxygen atoms in total. The van der Waals surface area contributed by atoms with Crippen molar-refractivity contribution in [3.8, 4) is 5.75 Å². The van der Waals surface area contributed by atoms with E-state index < -0.39 is 0 Å². The summed E-state index contributed by atoms with van der Waals surface area (Å²) in [6.45, 7) is 0.553. The summed E-state index contributed by atoms with van der Waals surface area (Å²) in [5, 5.41) is 6.85. The molecule has 0 bridgehead atoms. The second-order valence-electron chi connectivity index (χ2n) is 5.38. The molecule has 2 N–H and O–H groups in total. The number of rotatable bonds is 5. The Bertz CT molecular complexity index is 821. The van der Waals surface area contributed by atoms with Crippen molar-refractivity contribution < 1.29 is 4.74 Å². The van der Waals surface area contributed by atoms with E-state index in [1.807, 2.05) is 78.9 Å². The zero-order valence-electron chi connectivity index (χ0n) is 13.4. The minimum absolute atomic E-state index is 0.542. The van der Waals surface area contributed by atoms with Crippen molar-refractivity contribution in [1.82, 2.24) is 0 Å². The largest absolute Gasteiger partial charge is 0.489 e. The van der Waals surface area contributed by atoms with E-state index in [9.17, 15) is 0 Å². The van der Waals surface area contributed by atoms with Crippen LogP contribution in [0.3, 0.4) is 0 Å². The molecule has 0 saturated heterocycles. The van der Waals surface area contributed by atoms with Crippen molar-refractivity contribution in [2.24, 2.45) is 0 Å². The van der Waals surface area contributed by atoms with E-state index in [-0.39, 0.29) is 0 Å². The fourth-order valence-corrected chi connectivity index (χ4v) is 2.70. The van der Waals surface area contributed by atoms with Crippen LogP contribution in [0.25, 0.3) is 0 Å². The molecule has 0 fully saturated rings. The van der Waals surface area contributed by atoms with Crippen molar-refractivity contribution in [1.29, 1.82) is 0 Å². The Labute approximate surface area is 161 Å². The number of thiocarbonyl (C=S) groups is 1. The van der Waals surface area contributed by atoms with Crippen molar-refractivity contribution in [2.75, 3.05) is 10.6 Å². The summed E-state index contributed by atoms with van der Waals surface area (Å²) in [7, 11) is 0. The number of hydrogen-bond donors (Lipinski definition) is 2. The molecule has 126 valence electrons. The molecule has 0 spiro atoms. The van der Waals surface area contributed by atoms with Gasteiger partial charge in [0.2, 0.25) is 0 Å². The van der Waals surface area contributed by atoms with Gasteiger partial charge in [0.05, 0.1) is 0 Å². The number of benzene rings is 3. The Morgan fingerprint density at radius 2 is 1.36 bits per heavy atom. The van der Waals surface area contributed by atoms with Gasteiger partial charge in [-0.2, -0.15) is 0 Å². The van der Waals surface area contributed by atoms with Crippen LogP contribution in [0.1, 0.15) is 5.56 Å². The van der Waals surface area contributed by atoms with E-state index in [1.54, 1.807) is 0 Å². The zero-order valence-corrected chi connectivity index (χ0v) is 15.8. The third-order valence-corrected chi connectivity index (χ3v) is 4.20. The predicted molar refractivity (Wildman–Crippen MR) is 111 cm³/mol. The van der Waals surface area contributed by atoms with Crippen molar-refractivity contribution in [2.45, 2.75) is 6.61 Å². The van der Waals surface area contributed by atoms with Crippen molar-refractivity contribution in [3.63, 3.8) is 0 Å². The minimum atomic E-state index is 0.542. The van der Waals surface area contributed by atoms with Gasteiger partial charge in [-0.3, -0.25) is 0 Å². The molecule has 0 radical (unpaired) electrons. The first-order valence-corrected chi connectivity index (χ1v) is 8.99. The first-order chi connectivity index (χ1) is 12.2. The molecule has 0 aromatic heterocycles. The Balaban J connectivity index is 1.51. The molecule has 0 amide bonds. The summed E-state index contributed by atoms with van der Waals surface area (Å²) in [6, 6.07) is 25.7. The minimum Gasteiger partial charge on any atom is -0.489 e. The molecular formula is C20H17BrN2OS. The van der Waals surface area contributed by atoms with E-state index >= 15 is 0 Å². The van der Waals surface area contributed by atoms with Gasteiger partial charge in [-0.25, -0.2) is 0 Å². The zero-order chi connectivity index (χ0) is 17.5. The van der Waals surface area contributed by atoms with E-state index in [0.29, 0.717) is 11.7 Å². The SMILES string of the molecule is S=C(Nc1ccc(Br)cc1)Nc1ccc(OCc2ccccc2)cc1. The van der Waals surface area contributed by atoms with Gasteiger partial charge in [-0.1, -0.05) is 46.3 Å². The molecule has 3 aromatic carbocycles. The van der Waals surface area contributed by atoms with Gasteiger partial charge in [0.25, 0.3) is 0 Å². The predicted octanol–water partition coefficient (Wildman–Crippen LogP) is 5.84. The summed E-state index contributed by atoms with van der Waals surface area (Å²) in [5.41, 5.74) is 2.98. The molecule has 0 aliphatic rings. The molecule has 5 heteroatoms. The average molecular weight is 413 g/mol. The standard InChI is InChI=1S/C20H17BrN2OS/c21-16-6-8-17(9-7-16)22-20(25)23-18-10-12-19(13-11-18)24-14-15-4-2-1-3-5-15/h1-13H,14H2,(H2,22,23,25). The highest BCUT2D eigenvalue weighted by Gasteiger charge is 2.01. The maximum absolute atomic E-state index is 5.78. The maximum Gasteiger partial charge on any atom is 0.175 e. The molecule has 25 heavy (non-hydrogen) atoms. The second kappa shape index (κ2) is 8.65. The number of nitrogens with one attached hydrogen (secondary N) is 2. The maximum atomic E-state index is 5.78. The summed E-state index contributed by atoms with van der Waals surface area (Å²) in [5.74, 6) is 0.821. The topological polar surface area (TPSA) is 33.3 Å². The molecule has 0 aliphatic heterocycles. The van der Waals surface area contributed by atoms with E-state index in [1.165, 1.54) is 0 Å². The fraction of sp³-hybridized carbons (Fsp3) is 0.0500. The Kier molecular flexibility index (Phi) is 6.04. The van der Waals surface area contributed by atoms with Gasteiger partial charge in [-0.05, 0) is 66.3 Å². The van der Waals surface area contributed by atoms with Crippen LogP contribution >= 0.6 is 28.1 Å². The Hall–Kier alpha value is -2.37. The van der Waals surface area contributed by atoms with Crippen LogP contribution in [0.2, 0.25) is 0 Å². The molecule has 0 heterocycles. The van der Waals surface area contributed by atoms with Gasteiger partial charge in [0.1, 0.15) is 12.4 Å². The lowest BCUT2D eigenvalue weighted by Gasteiger charge is -2.11. The normalized spacial score (nSPS) is 10.1. The molecule has 3 rings (SSSR count). The lowest BCUT2D eigenvalue weighted by atomic mass is 10.2. The van der Waals surface area contributed by atoms with E-state index in [0.717, 1.165) is 27.2 Å². The first-order valence-electron chi connectivity index (χ1n) is 7.79. The lowest BCUT2D eigenvalue weighted by Crippen LogP contribution is -2.18. The average Bonchev–Trinajstić information content (AvgIpc) is 2.64. The molecule has 0 unspecified atom stereocenters. The Morgan fingerprint density at radius 1 is 0.800 bits per heavy atom. The van der Waals surface area contributed by atoms with Gasteiger partial charge >= 0.3 is 0 Å². The second-order valence-corrected chi connectivity index (χ2v) is 6.71. The third-order valence-electron chi connectivity index (χ3n) is 3.46. The lowest BCUT2D eigenvalue weighted by molar-refractivity contribution is 0.306. The van der Waals surface area contributed by atoms with Crippen LogP contribution in [0, 0.1) is 0 Å². The third kappa shape index (κ3) is 5.59. The summed E-state index contributed by atoms with van der Waals surface area (Å²) < 4.78 is 6.81. The van der Waals surface area contributed by atoms with E-state index in [4.69, 9.17) is 17.0 Å². The quantitative estimate of drug-likeness (QED) is 0.515. The molecular weight excluding hydrogens is 396 g/mol. The van der Waals surface area contributed by atoms with Crippen molar-refractivity contribution >= 4 is 44.6 Å². The first kappa shape index (κ1) is 17.5. The van der Waals surface area contributed by atoms with Crippen LogP contribution in [-0.2, 0) is 6.61 Å². The highest BCUT2D eigenvalue weighted by molar-refractivity contribution is 9.10. The number of anilines is 2.